The fraction of sp³-hybridized carbons (Fsp3) is 0.286. The zero-order valence-electron chi connectivity index (χ0n) is 19.8. The molecule has 7 heteroatoms. The van der Waals surface area contributed by atoms with Crippen molar-refractivity contribution in [1.29, 1.82) is 0 Å². The molecule has 0 bridgehead atoms. The van der Waals surface area contributed by atoms with Gasteiger partial charge in [-0.15, -0.1) is 0 Å². The minimum absolute atomic E-state index is 0.0506. The molecule has 1 aliphatic heterocycles. The molecule has 1 saturated heterocycles. The number of carbonyl (C=O) groups excluding carboxylic acids is 1. The topological polar surface area (TPSA) is 67.6 Å². The summed E-state index contributed by atoms with van der Waals surface area (Å²) in [7, 11) is 0. The number of fused-ring (bicyclic) bond motifs is 1. The van der Waals surface area contributed by atoms with E-state index in [4.69, 9.17) is 21.3 Å². The van der Waals surface area contributed by atoms with Gasteiger partial charge in [0.25, 0.3) is 0 Å². The van der Waals surface area contributed by atoms with Gasteiger partial charge in [-0.2, -0.15) is 0 Å². The van der Waals surface area contributed by atoms with E-state index in [2.05, 4.69) is 6.07 Å². The number of ether oxygens (including phenoxy) is 1. The standard InChI is InChI=1S/C28H28ClN3O3/c1-18-11-19(2)13-24(12-18)35-17-23(33)16-32-26-6-4-3-5-25(26)30-28(32)20-14-27(34)31(15-20)22-9-7-21(29)8-10-22/h3-13,20,23,33H,14-17H2,1-2H3. The number of aliphatic hydroxyl groups is 1. The first-order chi connectivity index (χ1) is 16.9. The predicted octanol–water partition coefficient (Wildman–Crippen LogP) is 5.27. The molecular weight excluding hydrogens is 462 g/mol. The summed E-state index contributed by atoms with van der Waals surface area (Å²) in [5.74, 6) is 1.52. The van der Waals surface area contributed by atoms with E-state index in [9.17, 15) is 9.90 Å². The highest BCUT2D eigenvalue weighted by Crippen LogP contribution is 2.33. The number of hydrogen-bond donors (Lipinski definition) is 1. The molecule has 5 rings (SSSR count). The number of aryl methyl sites for hydroxylation is 2. The summed E-state index contributed by atoms with van der Waals surface area (Å²) in [6.07, 6.45) is -0.377. The van der Waals surface area contributed by atoms with Gasteiger partial charge in [-0.3, -0.25) is 4.79 Å². The molecule has 0 aliphatic carbocycles. The number of halogens is 1. The van der Waals surface area contributed by atoms with Gasteiger partial charge in [0.15, 0.2) is 0 Å². The SMILES string of the molecule is Cc1cc(C)cc(OCC(O)Cn2c(C3CC(=O)N(c4ccc(Cl)cc4)C3)nc3ccccc32)c1. The number of amides is 1. The smallest absolute Gasteiger partial charge is 0.227 e. The summed E-state index contributed by atoms with van der Waals surface area (Å²) in [5.41, 5.74) is 4.85. The summed E-state index contributed by atoms with van der Waals surface area (Å²) in [5, 5.41) is 11.5. The Morgan fingerprint density at radius 3 is 2.54 bits per heavy atom. The van der Waals surface area contributed by atoms with Gasteiger partial charge >= 0.3 is 0 Å². The molecule has 0 radical (unpaired) electrons. The quantitative estimate of drug-likeness (QED) is 0.384. The third kappa shape index (κ3) is 5.04. The fourth-order valence-corrected chi connectivity index (χ4v) is 4.95. The Bertz CT molecular complexity index is 1350. The second kappa shape index (κ2) is 9.72. The molecule has 180 valence electrons. The maximum Gasteiger partial charge on any atom is 0.227 e. The molecule has 35 heavy (non-hydrogen) atoms. The average Bonchev–Trinajstić information content (AvgIpc) is 3.38. The maximum absolute atomic E-state index is 12.9. The molecule has 2 atom stereocenters. The molecule has 0 spiro atoms. The van der Waals surface area contributed by atoms with Crippen molar-refractivity contribution in [2.75, 3.05) is 18.1 Å². The Kier molecular flexibility index (Phi) is 6.50. The van der Waals surface area contributed by atoms with Crippen LogP contribution in [0.5, 0.6) is 5.75 Å². The first-order valence-corrected chi connectivity index (χ1v) is 12.2. The van der Waals surface area contributed by atoms with Crippen LogP contribution in [-0.2, 0) is 11.3 Å². The van der Waals surface area contributed by atoms with Crippen LogP contribution in [0.15, 0.2) is 66.7 Å². The first kappa shape index (κ1) is 23.4. The Morgan fingerprint density at radius 2 is 1.80 bits per heavy atom. The molecule has 2 heterocycles. The van der Waals surface area contributed by atoms with Crippen LogP contribution in [0.1, 0.15) is 29.3 Å². The zero-order valence-corrected chi connectivity index (χ0v) is 20.6. The zero-order chi connectivity index (χ0) is 24.5. The summed E-state index contributed by atoms with van der Waals surface area (Å²) in [4.78, 5) is 19.6. The predicted molar refractivity (Wildman–Crippen MR) is 138 cm³/mol. The highest BCUT2D eigenvalue weighted by Gasteiger charge is 2.35. The summed E-state index contributed by atoms with van der Waals surface area (Å²) >= 11 is 6.02. The van der Waals surface area contributed by atoms with Crippen LogP contribution in [0.3, 0.4) is 0 Å². The lowest BCUT2D eigenvalue weighted by Gasteiger charge is -2.19. The maximum atomic E-state index is 12.9. The van der Waals surface area contributed by atoms with Gasteiger partial charge in [-0.25, -0.2) is 4.98 Å². The van der Waals surface area contributed by atoms with E-state index < -0.39 is 6.10 Å². The van der Waals surface area contributed by atoms with Gasteiger partial charge in [0.2, 0.25) is 5.91 Å². The lowest BCUT2D eigenvalue weighted by atomic mass is 10.1. The molecule has 6 nitrogen and oxygen atoms in total. The molecule has 1 aromatic heterocycles. The molecular formula is C28H28ClN3O3. The minimum Gasteiger partial charge on any atom is -0.491 e. The van der Waals surface area contributed by atoms with Crippen molar-refractivity contribution in [2.45, 2.75) is 38.8 Å². The molecule has 1 amide bonds. The Hall–Kier alpha value is -3.35. The van der Waals surface area contributed by atoms with Crippen LogP contribution >= 0.6 is 11.6 Å². The first-order valence-electron chi connectivity index (χ1n) is 11.8. The second-order valence-electron chi connectivity index (χ2n) is 9.24. The Labute approximate surface area is 209 Å². The summed E-state index contributed by atoms with van der Waals surface area (Å²) < 4.78 is 7.94. The number of anilines is 1. The molecule has 0 saturated carbocycles. The number of para-hydroxylation sites is 2. The number of aromatic nitrogens is 2. The summed E-state index contributed by atoms with van der Waals surface area (Å²) in [6, 6.07) is 21.2. The average molecular weight is 490 g/mol. The third-order valence-corrected chi connectivity index (χ3v) is 6.60. The molecule has 1 aliphatic rings. The van der Waals surface area contributed by atoms with Crippen molar-refractivity contribution in [3.63, 3.8) is 0 Å². The highest BCUT2D eigenvalue weighted by molar-refractivity contribution is 6.30. The Balaban J connectivity index is 1.37. The van der Waals surface area contributed by atoms with Gasteiger partial charge in [0, 0.05) is 29.6 Å². The summed E-state index contributed by atoms with van der Waals surface area (Å²) in [6.45, 7) is 5.06. The molecule has 2 unspecified atom stereocenters. The van der Waals surface area contributed by atoms with Crippen molar-refractivity contribution in [3.8, 4) is 5.75 Å². The van der Waals surface area contributed by atoms with E-state index in [1.807, 2.05) is 66.9 Å². The van der Waals surface area contributed by atoms with Crippen molar-refractivity contribution < 1.29 is 14.6 Å². The number of hydrogen-bond acceptors (Lipinski definition) is 4. The van der Waals surface area contributed by atoms with E-state index in [0.29, 0.717) is 24.5 Å². The van der Waals surface area contributed by atoms with Gasteiger partial charge in [0.05, 0.1) is 17.6 Å². The highest BCUT2D eigenvalue weighted by atomic mass is 35.5. The minimum atomic E-state index is -0.739. The number of aliphatic hydroxyl groups excluding tert-OH is 1. The van der Waals surface area contributed by atoms with Crippen LogP contribution in [-0.4, -0.2) is 39.8 Å². The number of carbonyl (C=O) groups is 1. The van der Waals surface area contributed by atoms with Crippen molar-refractivity contribution in [3.05, 3.63) is 88.7 Å². The van der Waals surface area contributed by atoms with Crippen LogP contribution in [0, 0.1) is 13.8 Å². The van der Waals surface area contributed by atoms with Crippen molar-refractivity contribution >= 4 is 34.2 Å². The van der Waals surface area contributed by atoms with Crippen LogP contribution in [0.4, 0.5) is 5.69 Å². The van der Waals surface area contributed by atoms with E-state index in [1.54, 1.807) is 17.0 Å². The number of benzene rings is 3. The fourth-order valence-electron chi connectivity index (χ4n) is 4.82. The largest absolute Gasteiger partial charge is 0.491 e. The van der Waals surface area contributed by atoms with E-state index in [0.717, 1.165) is 39.4 Å². The monoisotopic (exact) mass is 489 g/mol. The number of imidazole rings is 1. The van der Waals surface area contributed by atoms with E-state index in [1.165, 1.54) is 0 Å². The third-order valence-electron chi connectivity index (χ3n) is 6.34. The van der Waals surface area contributed by atoms with Gasteiger partial charge in [-0.05, 0) is 73.5 Å². The van der Waals surface area contributed by atoms with Gasteiger partial charge in [0.1, 0.15) is 24.3 Å². The van der Waals surface area contributed by atoms with Crippen LogP contribution in [0.25, 0.3) is 11.0 Å². The lowest BCUT2D eigenvalue weighted by molar-refractivity contribution is -0.117. The molecule has 4 aromatic rings. The normalized spacial score (nSPS) is 16.7. The molecule has 3 aromatic carbocycles. The molecule has 1 fully saturated rings. The Morgan fingerprint density at radius 1 is 1.09 bits per heavy atom. The van der Waals surface area contributed by atoms with Crippen LogP contribution < -0.4 is 9.64 Å². The number of rotatable bonds is 7. The van der Waals surface area contributed by atoms with Crippen LogP contribution in [0.2, 0.25) is 5.02 Å². The van der Waals surface area contributed by atoms with Gasteiger partial charge < -0.3 is 19.3 Å². The number of nitrogens with zero attached hydrogens (tertiary/aromatic N) is 3. The molecule has 1 N–H and O–H groups in total. The van der Waals surface area contributed by atoms with Gasteiger partial charge in [-0.1, -0.05) is 29.8 Å². The second-order valence-corrected chi connectivity index (χ2v) is 9.68. The van der Waals surface area contributed by atoms with Crippen molar-refractivity contribution in [2.24, 2.45) is 0 Å². The van der Waals surface area contributed by atoms with E-state index >= 15 is 0 Å². The lowest BCUT2D eigenvalue weighted by Crippen LogP contribution is -2.26. The van der Waals surface area contributed by atoms with Crippen molar-refractivity contribution in [1.82, 2.24) is 9.55 Å². The van der Waals surface area contributed by atoms with E-state index in [-0.39, 0.29) is 18.4 Å².